The van der Waals surface area contributed by atoms with Gasteiger partial charge in [0.2, 0.25) is 5.91 Å². The van der Waals surface area contributed by atoms with E-state index in [1.165, 1.54) is 23.6 Å². The Morgan fingerprint density at radius 1 is 1.48 bits per heavy atom. The first-order valence-corrected chi connectivity index (χ1v) is 10.9. The van der Waals surface area contributed by atoms with E-state index in [-0.39, 0.29) is 18.6 Å². The minimum absolute atomic E-state index is 0.185. The van der Waals surface area contributed by atoms with Gasteiger partial charge in [-0.1, -0.05) is 17.8 Å². The summed E-state index contributed by atoms with van der Waals surface area (Å²) < 4.78 is 10.6. The van der Waals surface area contributed by atoms with Crippen molar-refractivity contribution in [2.75, 3.05) is 5.32 Å². The summed E-state index contributed by atoms with van der Waals surface area (Å²) in [4.78, 5) is 29.0. The molecule has 9 nitrogen and oxygen atoms in total. The van der Waals surface area contributed by atoms with E-state index >= 15 is 0 Å². The lowest BCUT2D eigenvalue weighted by molar-refractivity contribution is -0.111. The van der Waals surface area contributed by atoms with Crippen molar-refractivity contribution in [3.63, 3.8) is 0 Å². The number of nitrogens with one attached hydrogen (secondary N) is 2. The minimum atomic E-state index is -0.548. The zero-order valence-electron chi connectivity index (χ0n) is 18.1. The Balaban J connectivity index is 1.61. The summed E-state index contributed by atoms with van der Waals surface area (Å²) in [6.07, 6.45) is 6.68. The second kappa shape index (κ2) is 11.1. The molecule has 0 radical (unpaired) electrons. The molecule has 0 saturated heterocycles. The van der Waals surface area contributed by atoms with Gasteiger partial charge in [-0.25, -0.2) is 4.79 Å². The maximum Gasteiger partial charge on any atom is 0.407 e. The number of allylic oxidation sites excluding steroid dienone is 3. The molecule has 10 heteroatoms. The van der Waals surface area contributed by atoms with Gasteiger partial charge in [-0.05, 0) is 43.7 Å². The number of hydrogen-bond donors (Lipinski definition) is 2. The van der Waals surface area contributed by atoms with Crippen molar-refractivity contribution in [2.24, 2.45) is 4.99 Å². The van der Waals surface area contributed by atoms with Crippen LogP contribution in [-0.2, 0) is 28.9 Å². The van der Waals surface area contributed by atoms with Crippen LogP contribution in [0.2, 0.25) is 0 Å². The number of ether oxygens (including phenoxy) is 1. The van der Waals surface area contributed by atoms with Crippen LogP contribution >= 0.6 is 11.3 Å². The summed E-state index contributed by atoms with van der Waals surface area (Å²) >= 11 is 1.32. The van der Waals surface area contributed by atoms with Gasteiger partial charge < -0.3 is 19.9 Å². The molecule has 1 atom stereocenters. The molecule has 2 heterocycles. The highest BCUT2D eigenvalue weighted by molar-refractivity contribution is 7.16. The molecular weight excluding hydrogens is 442 g/mol. The number of hydrogen-bond acceptors (Lipinski definition) is 8. The number of carbonyl (C=O) groups excluding carboxylic acids is 2. The normalized spacial score (nSPS) is 15.4. The third-order valence-corrected chi connectivity index (χ3v) is 6.00. The molecule has 0 bridgehead atoms. The van der Waals surface area contributed by atoms with Gasteiger partial charge in [0.1, 0.15) is 17.2 Å². The van der Waals surface area contributed by atoms with E-state index < -0.39 is 6.09 Å². The zero-order valence-corrected chi connectivity index (χ0v) is 18.9. The Bertz CT molecular complexity index is 1170. The topological polar surface area (TPSA) is 130 Å². The molecule has 33 heavy (non-hydrogen) atoms. The first-order valence-electron chi connectivity index (χ1n) is 10.1. The van der Waals surface area contributed by atoms with Gasteiger partial charge in [-0.15, -0.1) is 11.3 Å². The van der Waals surface area contributed by atoms with Crippen LogP contribution in [0.5, 0.6) is 0 Å². The van der Waals surface area contributed by atoms with E-state index in [4.69, 9.17) is 9.26 Å². The Kier molecular flexibility index (Phi) is 7.94. The fourth-order valence-electron chi connectivity index (χ4n) is 3.31. The summed E-state index contributed by atoms with van der Waals surface area (Å²) in [5.74, 6) is 0.162. The summed E-state index contributed by atoms with van der Waals surface area (Å²) in [6, 6.07) is 3.92. The van der Waals surface area contributed by atoms with Gasteiger partial charge in [0.25, 0.3) is 0 Å². The Labute approximate surface area is 195 Å². The van der Waals surface area contributed by atoms with Gasteiger partial charge >= 0.3 is 6.09 Å². The fourth-order valence-corrected chi connectivity index (χ4v) is 4.57. The van der Waals surface area contributed by atoms with Crippen LogP contribution in [0.25, 0.3) is 0 Å². The average Bonchev–Trinajstić information content (AvgIpc) is 3.37. The van der Waals surface area contributed by atoms with Crippen LogP contribution in [0.3, 0.4) is 0 Å². The number of aliphatic imine (C=N–C) groups is 1. The van der Waals surface area contributed by atoms with Gasteiger partial charge in [0.15, 0.2) is 5.76 Å². The number of anilines is 1. The number of carbonyl (C=O) groups is 2. The molecule has 1 aliphatic rings. The highest BCUT2D eigenvalue weighted by atomic mass is 32.1. The molecule has 1 unspecified atom stereocenters. The molecule has 2 aromatic heterocycles. The van der Waals surface area contributed by atoms with Gasteiger partial charge in [-0.2, -0.15) is 5.26 Å². The highest BCUT2D eigenvalue weighted by Gasteiger charge is 2.28. The predicted molar refractivity (Wildman–Crippen MR) is 125 cm³/mol. The van der Waals surface area contributed by atoms with Crippen molar-refractivity contribution in [3.8, 4) is 6.07 Å². The molecule has 0 aliphatic heterocycles. The molecule has 0 fully saturated rings. The fraction of sp³-hybridized carbons (Fsp3) is 0.261. The van der Waals surface area contributed by atoms with Gasteiger partial charge in [-0.3, -0.25) is 9.79 Å². The van der Waals surface area contributed by atoms with Crippen LogP contribution in [0.15, 0.2) is 52.2 Å². The molecule has 0 spiro atoms. The van der Waals surface area contributed by atoms with E-state index in [1.807, 2.05) is 0 Å². The van der Waals surface area contributed by atoms with E-state index in [9.17, 15) is 14.9 Å². The number of aromatic nitrogens is 1. The van der Waals surface area contributed by atoms with E-state index in [2.05, 4.69) is 40.1 Å². The largest absolute Gasteiger partial charge is 0.446 e. The van der Waals surface area contributed by atoms with E-state index in [0.29, 0.717) is 41.2 Å². The monoisotopic (exact) mass is 465 g/mol. The molecule has 2 amide bonds. The first-order chi connectivity index (χ1) is 15.9. The quantitative estimate of drug-likeness (QED) is 0.345. The Morgan fingerprint density at radius 2 is 2.30 bits per heavy atom. The summed E-state index contributed by atoms with van der Waals surface area (Å²) in [6.45, 7) is 8.99. The molecule has 2 N–H and O–H groups in total. The number of alkyl carbamates (subject to hydrolysis) is 1. The second-order valence-electron chi connectivity index (χ2n) is 7.22. The lowest BCUT2D eigenvalue weighted by Gasteiger charge is -2.22. The lowest BCUT2D eigenvalue weighted by Crippen LogP contribution is -2.31. The predicted octanol–water partition coefficient (Wildman–Crippen LogP) is 3.97. The highest BCUT2D eigenvalue weighted by Crippen LogP contribution is 2.38. The molecule has 1 aliphatic carbocycles. The van der Waals surface area contributed by atoms with Crippen LogP contribution in [0.4, 0.5) is 9.80 Å². The van der Waals surface area contributed by atoms with Crippen molar-refractivity contribution in [2.45, 2.75) is 38.8 Å². The summed E-state index contributed by atoms with van der Waals surface area (Å²) in [5, 5.41) is 19.3. The maximum atomic E-state index is 12.3. The van der Waals surface area contributed by atoms with E-state index in [0.717, 1.165) is 16.1 Å². The number of thiophene rings is 1. The second-order valence-corrected chi connectivity index (χ2v) is 8.32. The molecule has 3 rings (SSSR count). The summed E-state index contributed by atoms with van der Waals surface area (Å²) in [7, 11) is 0. The lowest BCUT2D eigenvalue weighted by atomic mass is 9.94. The third-order valence-electron chi connectivity index (χ3n) is 4.83. The first kappa shape index (κ1) is 23.7. The minimum Gasteiger partial charge on any atom is -0.446 e. The summed E-state index contributed by atoms with van der Waals surface area (Å²) in [5.41, 5.74) is 2.70. The number of aryl methyl sites for hydroxylation is 1. The molecule has 2 aromatic rings. The third kappa shape index (κ3) is 6.27. The average molecular weight is 466 g/mol. The van der Waals surface area contributed by atoms with Crippen molar-refractivity contribution < 1.29 is 18.8 Å². The van der Waals surface area contributed by atoms with Crippen LogP contribution in [-0.4, -0.2) is 30.0 Å². The van der Waals surface area contributed by atoms with Gasteiger partial charge in [0.05, 0.1) is 17.8 Å². The van der Waals surface area contributed by atoms with Crippen LogP contribution < -0.4 is 10.6 Å². The smallest absolute Gasteiger partial charge is 0.407 e. The number of amides is 2. The number of fused-ring (bicyclic) bond motifs is 1. The molecule has 170 valence electrons. The molecule has 0 saturated carbocycles. The van der Waals surface area contributed by atoms with Gasteiger partial charge in [0, 0.05) is 29.6 Å². The van der Waals surface area contributed by atoms with E-state index in [1.54, 1.807) is 25.1 Å². The standard InChI is InChI=1S/C23H23N5O4S/c1-4-15(12-25-3)5-8-21(29)27-22-19(11-24)18-7-6-16(10-20(18)33-22)31-23(30)26-13-17-9-14(2)28-32-17/h4-5,8-9,12,16H,1,3,6-7,10,13H2,2H3,(H,26,30)(H,27,29)/b8-5+,15-12+. The SMILES string of the molecule is C=CC(/C=C/C(=O)Nc1sc2c(c1C#N)CCC(OC(=O)NCc1cc(C)no1)C2)=C\N=C. The Hall–Kier alpha value is -3.97. The van der Waals surface area contributed by atoms with Crippen molar-refractivity contribution in [1.82, 2.24) is 10.5 Å². The van der Waals surface area contributed by atoms with Crippen molar-refractivity contribution in [1.29, 1.82) is 5.26 Å². The Morgan fingerprint density at radius 3 is 2.97 bits per heavy atom. The molecule has 0 aromatic carbocycles. The number of rotatable bonds is 8. The van der Waals surface area contributed by atoms with Crippen LogP contribution in [0.1, 0.15) is 33.9 Å². The van der Waals surface area contributed by atoms with Crippen molar-refractivity contribution in [3.05, 3.63) is 70.1 Å². The number of nitrogens with zero attached hydrogens (tertiary/aromatic N) is 3. The zero-order chi connectivity index (χ0) is 23.8. The van der Waals surface area contributed by atoms with Crippen molar-refractivity contribution >= 4 is 35.1 Å². The molecular formula is C23H23N5O4S. The maximum absolute atomic E-state index is 12.3. The van der Waals surface area contributed by atoms with Crippen LogP contribution in [0, 0.1) is 18.3 Å². The number of nitriles is 1.